The molecular weight excluding hydrogens is 564 g/mol. The SMILES string of the molecule is COc1cc2c(cc1OC(=O)c1ccc(NC(=O)OC(C)(C)C)cc1)CN(S(=O)(=O)c1ccc(C)cc1)C(C(=O)O)C2. The van der Waals surface area contributed by atoms with Crippen LogP contribution in [-0.4, -0.2) is 54.6 Å². The molecule has 0 bridgehead atoms. The maximum atomic E-state index is 13.5. The van der Waals surface area contributed by atoms with Crippen LogP contribution in [0.5, 0.6) is 11.5 Å². The van der Waals surface area contributed by atoms with Crippen LogP contribution in [0.1, 0.15) is 47.8 Å². The largest absolute Gasteiger partial charge is 0.493 e. The van der Waals surface area contributed by atoms with Crippen molar-refractivity contribution < 1.29 is 42.1 Å². The summed E-state index contributed by atoms with van der Waals surface area (Å²) in [6.07, 6.45) is -0.743. The van der Waals surface area contributed by atoms with Crippen molar-refractivity contribution in [3.8, 4) is 11.5 Å². The molecule has 1 amide bonds. The van der Waals surface area contributed by atoms with Gasteiger partial charge in [-0.25, -0.2) is 18.0 Å². The second-order valence-corrected chi connectivity index (χ2v) is 12.7. The molecule has 4 rings (SSSR count). The average Bonchev–Trinajstić information content (AvgIpc) is 2.91. The predicted octanol–water partition coefficient (Wildman–Crippen LogP) is 4.77. The van der Waals surface area contributed by atoms with Crippen LogP contribution in [0, 0.1) is 6.92 Å². The Morgan fingerprint density at radius 2 is 1.57 bits per heavy atom. The number of nitrogens with zero attached hydrogens (tertiary/aromatic N) is 1. The Morgan fingerprint density at radius 3 is 2.14 bits per heavy atom. The standard InChI is InChI=1S/C30H32N2O9S/c1-18-6-12-23(13-7-18)42(37,38)32-17-21-16-26(25(39-5)15-20(21)14-24(32)27(33)34)40-28(35)19-8-10-22(11-9-19)31-29(36)41-30(2,3)4/h6-13,15-16,24H,14,17H2,1-5H3,(H,31,36)(H,33,34). The van der Waals surface area contributed by atoms with E-state index in [1.54, 1.807) is 39.0 Å². The molecule has 0 radical (unpaired) electrons. The molecule has 1 heterocycles. The number of hydrogen-bond acceptors (Lipinski definition) is 8. The Bertz CT molecular complexity index is 1610. The smallest absolute Gasteiger partial charge is 0.412 e. The van der Waals surface area contributed by atoms with Gasteiger partial charge in [-0.1, -0.05) is 17.7 Å². The lowest BCUT2D eigenvalue weighted by atomic mass is 9.95. The molecule has 1 atom stereocenters. The highest BCUT2D eigenvalue weighted by atomic mass is 32.2. The molecule has 1 aliphatic heterocycles. The van der Waals surface area contributed by atoms with Crippen LogP contribution in [0.2, 0.25) is 0 Å². The number of amides is 1. The van der Waals surface area contributed by atoms with Gasteiger partial charge in [0.25, 0.3) is 0 Å². The Kier molecular flexibility index (Phi) is 8.60. The first-order chi connectivity index (χ1) is 19.7. The number of sulfonamides is 1. The third-order valence-electron chi connectivity index (χ3n) is 6.45. The number of carboxylic acid groups (broad SMARTS) is 1. The highest BCUT2D eigenvalue weighted by molar-refractivity contribution is 7.89. The van der Waals surface area contributed by atoms with E-state index in [9.17, 15) is 27.9 Å². The molecule has 0 spiro atoms. The lowest BCUT2D eigenvalue weighted by molar-refractivity contribution is -0.141. The first-order valence-corrected chi connectivity index (χ1v) is 14.5. The van der Waals surface area contributed by atoms with E-state index in [0.717, 1.165) is 9.87 Å². The van der Waals surface area contributed by atoms with Crippen LogP contribution < -0.4 is 14.8 Å². The Hall–Kier alpha value is -4.42. The summed E-state index contributed by atoms with van der Waals surface area (Å²) < 4.78 is 44.1. The summed E-state index contributed by atoms with van der Waals surface area (Å²) in [6, 6.07) is 13.8. The average molecular weight is 597 g/mol. The van der Waals surface area contributed by atoms with Crippen LogP contribution in [0.25, 0.3) is 0 Å². The Labute approximate surface area is 244 Å². The number of rotatable bonds is 7. The molecule has 3 aromatic rings. The van der Waals surface area contributed by atoms with Crippen LogP contribution in [0.4, 0.5) is 10.5 Å². The number of nitrogens with one attached hydrogen (secondary N) is 1. The van der Waals surface area contributed by atoms with E-state index in [0.29, 0.717) is 16.8 Å². The molecule has 3 aromatic carbocycles. The molecule has 0 saturated carbocycles. The number of benzene rings is 3. The molecule has 1 aliphatic rings. The molecule has 12 heteroatoms. The van der Waals surface area contributed by atoms with Crippen molar-refractivity contribution in [1.82, 2.24) is 4.31 Å². The first kappa shape index (κ1) is 30.5. The fourth-order valence-electron chi connectivity index (χ4n) is 4.39. The second-order valence-electron chi connectivity index (χ2n) is 10.8. The maximum absolute atomic E-state index is 13.5. The fraction of sp³-hybridized carbons (Fsp3) is 0.300. The zero-order valence-electron chi connectivity index (χ0n) is 23.8. The molecule has 0 aliphatic carbocycles. The van der Waals surface area contributed by atoms with Gasteiger partial charge in [-0.05, 0) is 87.4 Å². The number of aliphatic carboxylic acids is 1. The van der Waals surface area contributed by atoms with Gasteiger partial charge in [-0.15, -0.1) is 0 Å². The molecule has 2 N–H and O–H groups in total. The predicted molar refractivity (Wildman–Crippen MR) is 153 cm³/mol. The first-order valence-electron chi connectivity index (χ1n) is 13.0. The number of aryl methyl sites for hydroxylation is 1. The minimum atomic E-state index is -4.16. The van der Waals surface area contributed by atoms with E-state index in [-0.39, 0.29) is 34.9 Å². The van der Waals surface area contributed by atoms with Crippen molar-refractivity contribution >= 4 is 33.7 Å². The maximum Gasteiger partial charge on any atom is 0.412 e. The summed E-state index contributed by atoms with van der Waals surface area (Å²) in [6.45, 7) is 6.80. The number of anilines is 1. The van der Waals surface area contributed by atoms with Gasteiger partial charge in [-0.3, -0.25) is 10.1 Å². The van der Waals surface area contributed by atoms with Crippen LogP contribution in [0.3, 0.4) is 0 Å². The number of carbonyl (C=O) groups is 3. The number of fused-ring (bicyclic) bond motifs is 1. The Morgan fingerprint density at radius 1 is 0.952 bits per heavy atom. The third-order valence-corrected chi connectivity index (χ3v) is 8.32. The summed E-state index contributed by atoms with van der Waals surface area (Å²) in [5, 5.41) is 12.5. The molecule has 0 saturated heterocycles. The molecule has 222 valence electrons. The number of methoxy groups -OCH3 is 1. The van der Waals surface area contributed by atoms with Crippen LogP contribution in [-0.2, 0) is 32.5 Å². The lowest BCUT2D eigenvalue weighted by Gasteiger charge is -2.34. The molecular formula is C30H32N2O9S. The number of hydrogen-bond donors (Lipinski definition) is 2. The van der Waals surface area contributed by atoms with Gasteiger partial charge < -0.3 is 19.3 Å². The minimum Gasteiger partial charge on any atom is -0.493 e. The lowest BCUT2D eigenvalue weighted by Crippen LogP contribution is -2.48. The van der Waals surface area contributed by atoms with Gasteiger partial charge in [0.2, 0.25) is 10.0 Å². The van der Waals surface area contributed by atoms with Gasteiger partial charge in [0.1, 0.15) is 11.6 Å². The topological polar surface area (TPSA) is 149 Å². The molecule has 0 fully saturated rings. The van der Waals surface area contributed by atoms with Crippen molar-refractivity contribution in [2.75, 3.05) is 12.4 Å². The number of carboxylic acids is 1. The summed E-state index contributed by atoms with van der Waals surface area (Å²) in [4.78, 5) is 37.1. The van der Waals surface area contributed by atoms with E-state index in [4.69, 9.17) is 14.2 Å². The van der Waals surface area contributed by atoms with Crippen molar-refractivity contribution in [1.29, 1.82) is 0 Å². The van der Waals surface area contributed by atoms with E-state index >= 15 is 0 Å². The van der Waals surface area contributed by atoms with Gasteiger partial charge in [0.05, 0.1) is 17.6 Å². The second kappa shape index (κ2) is 11.8. The van der Waals surface area contributed by atoms with E-state index in [1.165, 1.54) is 49.6 Å². The molecule has 42 heavy (non-hydrogen) atoms. The summed E-state index contributed by atoms with van der Waals surface area (Å²) in [7, 11) is -2.78. The number of ether oxygens (including phenoxy) is 3. The van der Waals surface area contributed by atoms with Gasteiger partial charge in [-0.2, -0.15) is 4.31 Å². The fourth-order valence-corrected chi connectivity index (χ4v) is 5.95. The van der Waals surface area contributed by atoms with E-state index < -0.39 is 39.7 Å². The third kappa shape index (κ3) is 6.89. The monoisotopic (exact) mass is 596 g/mol. The molecule has 0 aromatic heterocycles. The van der Waals surface area contributed by atoms with Crippen LogP contribution in [0.15, 0.2) is 65.6 Å². The molecule has 11 nitrogen and oxygen atoms in total. The molecule has 1 unspecified atom stereocenters. The van der Waals surface area contributed by atoms with Gasteiger partial charge >= 0.3 is 18.0 Å². The van der Waals surface area contributed by atoms with Gasteiger partial charge in [0.15, 0.2) is 11.5 Å². The zero-order chi connectivity index (χ0) is 30.8. The zero-order valence-corrected chi connectivity index (χ0v) is 24.7. The normalized spacial score (nSPS) is 15.3. The summed E-state index contributed by atoms with van der Waals surface area (Å²) >= 11 is 0. The number of esters is 1. The summed E-state index contributed by atoms with van der Waals surface area (Å²) in [5.74, 6) is -1.78. The number of carbonyl (C=O) groups excluding carboxylic acids is 2. The highest BCUT2D eigenvalue weighted by Crippen LogP contribution is 2.37. The van der Waals surface area contributed by atoms with Crippen LogP contribution >= 0.6 is 0 Å². The van der Waals surface area contributed by atoms with Crippen molar-refractivity contribution in [2.24, 2.45) is 0 Å². The minimum absolute atomic E-state index is 0.0208. The van der Waals surface area contributed by atoms with E-state index in [1.807, 2.05) is 6.92 Å². The summed E-state index contributed by atoms with van der Waals surface area (Å²) in [5.41, 5.74) is 1.82. The van der Waals surface area contributed by atoms with E-state index in [2.05, 4.69) is 5.32 Å². The van der Waals surface area contributed by atoms with Crippen molar-refractivity contribution in [3.63, 3.8) is 0 Å². The van der Waals surface area contributed by atoms with Crippen molar-refractivity contribution in [2.45, 2.75) is 57.2 Å². The van der Waals surface area contributed by atoms with Gasteiger partial charge in [0, 0.05) is 18.7 Å². The quantitative estimate of drug-likeness (QED) is 0.291. The highest BCUT2D eigenvalue weighted by Gasteiger charge is 2.40. The Balaban J connectivity index is 1.58. The van der Waals surface area contributed by atoms with Crippen molar-refractivity contribution in [3.05, 3.63) is 82.9 Å².